The van der Waals surface area contributed by atoms with Crippen molar-refractivity contribution in [3.63, 3.8) is 0 Å². The van der Waals surface area contributed by atoms with Crippen LogP contribution in [0.3, 0.4) is 0 Å². The van der Waals surface area contributed by atoms with Gasteiger partial charge < -0.3 is 4.74 Å². The first kappa shape index (κ1) is 16.3. The molecule has 0 atom stereocenters. The molecule has 2 aromatic carbocycles. The van der Waals surface area contributed by atoms with Crippen LogP contribution in [-0.2, 0) is 0 Å². The second kappa shape index (κ2) is 6.60. The smallest absolute Gasteiger partial charge is 0.174 e. The molecule has 25 heavy (non-hydrogen) atoms. The van der Waals surface area contributed by atoms with Crippen LogP contribution < -0.4 is 4.74 Å². The molecule has 1 saturated carbocycles. The Kier molecular flexibility index (Phi) is 4.30. The first-order valence-electron chi connectivity index (χ1n) is 8.40. The molecule has 0 unspecified atom stereocenters. The Morgan fingerprint density at radius 3 is 2.32 bits per heavy atom. The molecule has 128 valence electrons. The third kappa shape index (κ3) is 3.45. The second-order valence-electron chi connectivity index (χ2n) is 6.53. The van der Waals surface area contributed by atoms with Crippen molar-refractivity contribution in [1.82, 2.24) is 0 Å². The highest BCUT2D eigenvalue weighted by atomic mass is 32.1. The van der Waals surface area contributed by atoms with Crippen LogP contribution in [0.25, 0.3) is 21.6 Å². The van der Waals surface area contributed by atoms with E-state index in [4.69, 9.17) is 4.74 Å². The van der Waals surface area contributed by atoms with Crippen LogP contribution in [0.15, 0.2) is 48.5 Å². The molecule has 0 N–H and O–H groups in total. The van der Waals surface area contributed by atoms with Crippen molar-refractivity contribution in [2.45, 2.75) is 19.8 Å². The second-order valence-corrected chi connectivity index (χ2v) is 7.57. The molecule has 1 nitrogen and oxygen atoms in total. The van der Waals surface area contributed by atoms with Crippen molar-refractivity contribution < 1.29 is 13.5 Å². The van der Waals surface area contributed by atoms with Gasteiger partial charge in [-0.3, -0.25) is 0 Å². The Balaban J connectivity index is 1.62. The van der Waals surface area contributed by atoms with Crippen molar-refractivity contribution in [2.24, 2.45) is 5.92 Å². The number of halogens is 2. The summed E-state index contributed by atoms with van der Waals surface area (Å²) in [5.74, 6) is -0.961. The monoisotopic (exact) mass is 356 g/mol. The maximum absolute atomic E-state index is 14.6. The van der Waals surface area contributed by atoms with Crippen molar-refractivity contribution in [3.05, 3.63) is 65.7 Å². The van der Waals surface area contributed by atoms with Crippen molar-refractivity contribution in [1.29, 1.82) is 0 Å². The Labute approximate surface area is 149 Å². The standard InChI is InChI=1S/C21H18F2OS/c1-13-2-6-15(7-3-13)16-8-9-17(21(23)20(16)22)18-10-11-19(25-18)24-12-14-4-5-14/h2-3,6-11,14H,4-5,12H2,1H3. The van der Waals surface area contributed by atoms with E-state index in [1.807, 2.05) is 37.3 Å². The minimum atomic E-state index is -0.811. The molecule has 0 bridgehead atoms. The Morgan fingerprint density at radius 1 is 0.920 bits per heavy atom. The van der Waals surface area contributed by atoms with Gasteiger partial charge >= 0.3 is 0 Å². The summed E-state index contributed by atoms with van der Waals surface area (Å²) in [5.41, 5.74) is 2.31. The van der Waals surface area contributed by atoms with Gasteiger partial charge in [0.15, 0.2) is 16.7 Å². The summed E-state index contributed by atoms with van der Waals surface area (Å²) < 4.78 is 34.9. The highest BCUT2D eigenvalue weighted by Gasteiger charge is 2.22. The summed E-state index contributed by atoms with van der Waals surface area (Å²) in [7, 11) is 0. The number of aryl methyl sites for hydroxylation is 1. The fourth-order valence-electron chi connectivity index (χ4n) is 2.72. The zero-order chi connectivity index (χ0) is 17.4. The third-order valence-electron chi connectivity index (χ3n) is 4.45. The average Bonchev–Trinajstić information content (AvgIpc) is 3.33. The zero-order valence-corrected chi connectivity index (χ0v) is 14.7. The molecule has 1 aliphatic rings. The number of hydrogen-bond acceptors (Lipinski definition) is 2. The molecule has 0 aliphatic heterocycles. The number of hydrogen-bond donors (Lipinski definition) is 0. The number of thiophene rings is 1. The predicted octanol–water partition coefficient (Wildman–Crippen LogP) is 6.46. The SMILES string of the molecule is Cc1ccc(-c2ccc(-c3ccc(OCC4CC4)s3)c(F)c2F)cc1. The molecule has 0 radical (unpaired) electrons. The van der Waals surface area contributed by atoms with Crippen LogP contribution >= 0.6 is 11.3 Å². The van der Waals surface area contributed by atoms with Gasteiger partial charge in [-0.1, -0.05) is 47.2 Å². The molecule has 1 aromatic heterocycles. The Morgan fingerprint density at radius 2 is 1.60 bits per heavy atom. The van der Waals surface area contributed by atoms with Gasteiger partial charge in [-0.05, 0) is 49.4 Å². The van der Waals surface area contributed by atoms with Crippen LogP contribution in [0.5, 0.6) is 5.06 Å². The van der Waals surface area contributed by atoms with E-state index in [0.717, 1.165) is 10.6 Å². The van der Waals surface area contributed by atoms with Gasteiger partial charge in [0.25, 0.3) is 0 Å². The molecule has 1 heterocycles. The quantitative estimate of drug-likeness (QED) is 0.510. The molecule has 1 aliphatic carbocycles. The summed E-state index contributed by atoms with van der Waals surface area (Å²) in [4.78, 5) is 0.678. The lowest BCUT2D eigenvalue weighted by Crippen LogP contribution is -1.96. The van der Waals surface area contributed by atoms with Gasteiger partial charge in [-0.2, -0.15) is 0 Å². The lowest BCUT2D eigenvalue weighted by Gasteiger charge is -2.08. The van der Waals surface area contributed by atoms with E-state index < -0.39 is 11.6 Å². The molecule has 0 saturated heterocycles. The van der Waals surface area contributed by atoms with Crippen LogP contribution in [0, 0.1) is 24.5 Å². The summed E-state index contributed by atoms with van der Waals surface area (Å²) in [6.45, 7) is 2.67. The number of ether oxygens (including phenoxy) is 1. The van der Waals surface area contributed by atoms with Crippen LogP contribution in [0.4, 0.5) is 8.78 Å². The highest BCUT2D eigenvalue weighted by molar-refractivity contribution is 7.17. The highest BCUT2D eigenvalue weighted by Crippen LogP contribution is 2.38. The van der Waals surface area contributed by atoms with E-state index in [0.29, 0.717) is 23.0 Å². The first-order chi connectivity index (χ1) is 12.1. The average molecular weight is 356 g/mol. The van der Waals surface area contributed by atoms with Gasteiger partial charge in [0.05, 0.1) is 6.61 Å². The molecule has 0 amide bonds. The fourth-order valence-corrected chi connectivity index (χ4v) is 3.61. The van der Waals surface area contributed by atoms with Crippen molar-refractivity contribution >= 4 is 11.3 Å². The number of benzene rings is 2. The lowest BCUT2D eigenvalue weighted by atomic mass is 10.0. The zero-order valence-electron chi connectivity index (χ0n) is 13.9. The van der Waals surface area contributed by atoms with Gasteiger partial charge in [0.2, 0.25) is 0 Å². The molecular formula is C21H18F2OS. The molecule has 4 rings (SSSR count). The Hall–Kier alpha value is -2.20. The molecule has 0 spiro atoms. The lowest BCUT2D eigenvalue weighted by molar-refractivity contribution is 0.308. The molecular weight excluding hydrogens is 338 g/mol. The van der Waals surface area contributed by atoms with Crippen LogP contribution in [-0.4, -0.2) is 6.61 Å². The van der Waals surface area contributed by atoms with Gasteiger partial charge in [-0.15, -0.1) is 0 Å². The summed E-state index contributed by atoms with van der Waals surface area (Å²) in [5, 5.41) is 0.754. The van der Waals surface area contributed by atoms with Crippen molar-refractivity contribution in [2.75, 3.05) is 6.61 Å². The summed E-state index contributed by atoms with van der Waals surface area (Å²) in [6.07, 6.45) is 2.44. The Bertz CT molecular complexity index is 895. The maximum Gasteiger partial charge on any atom is 0.174 e. The summed E-state index contributed by atoms with van der Waals surface area (Å²) >= 11 is 1.35. The molecule has 3 aromatic rings. The fraction of sp³-hybridized carbons (Fsp3) is 0.238. The maximum atomic E-state index is 14.6. The van der Waals surface area contributed by atoms with Gasteiger partial charge in [0.1, 0.15) is 0 Å². The van der Waals surface area contributed by atoms with Gasteiger partial charge in [-0.25, -0.2) is 8.78 Å². The van der Waals surface area contributed by atoms with E-state index in [9.17, 15) is 8.78 Å². The minimum absolute atomic E-state index is 0.277. The normalized spacial score (nSPS) is 13.9. The van der Waals surface area contributed by atoms with E-state index >= 15 is 0 Å². The molecule has 1 fully saturated rings. The van der Waals surface area contributed by atoms with Crippen LogP contribution in [0.2, 0.25) is 0 Å². The van der Waals surface area contributed by atoms with E-state index in [1.54, 1.807) is 18.2 Å². The largest absolute Gasteiger partial charge is 0.484 e. The molecule has 4 heteroatoms. The van der Waals surface area contributed by atoms with E-state index in [-0.39, 0.29) is 11.1 Å². The van der Waals surface area contributed by atoms with Gasteiger partial charge in [0, 0.05) is 16.0 Å². The van der Waals surface area contributed by atoms with E-state index in [1.165, 1.54) is 24.2 Å². The number of rotatable bonds is 5. The van der Waals surface area contributed by atoms with Crippen LogP contribution in [0.1, 0.15) is 18.4 Å². The predicted molar refractivity (Wildman–Crippen MR) is 98.1 cm³/mol. The van der Waals surface area contributed by atoms with E-state index in [2.05, 4.69) is 0 Å². The minimum Gasteiger partial charge on any atom is -0.484 e. The topological polar surface area (TPSA) is 9.23 Å². The third-order valence-corrected chi connectivity index (χ3v) is 5.48. The van der Waals surface area contributed by atoms with Crippen molar-refractivity contribution in [3.8, 4) is 26.6 Å². The summed E-state index contributed by atoms with van der Waals surface area (Å²) in [6, 6.07) is 14.3. The first-order valence-corrected chi connectivity index (χ1v) is 9.21.